The van der Waals surface area contributed by atoms with Gasteiger partial charge in [-0.15, -0.1) is 0 Å². The van der Waals surface area contributed by atoms with Gasteiger partial charge < -0.3 is 0 Å². The van der Waals surface area contributed by atoms with Crippen LogP contribution in [-0.4, -0.2) is 5.78 Å². The highest BCUT2D eigenvalue weighted by atomic mass is 31.1. The van der Waals surface area contributed by atoms with Gasteiger partial charge in [0.1, 0.15) is 5.78 Å². The predicted molar refractivity (Wildman–Crippen MR) is 279 cm³/mol. The number of carbonyl (C=O) groups is 1. The van der Waals surface area contributed by atoms with Gasteiger partial charge in [0.2, 0.25) is 0 Å². The maximum absolute atomic E-state index is 14.6. The van der Waals surface area contributed by atoms with E-state index in [1.54, 1.807) is 0 Å². The normalized spacial score (nSPS) is 17.6. The highest BCUT2D eigenvalue weighted by molar-refractivity contribution is 7.66. The molecular formula is C63H69OP. The Hall–Kier alpha value is -5.36. The Morgan fingerprint density at radius 2 is 0.692 bits per heavy atom. The van der Waals surface area contributed by atoms with Crippen molar-refractivity contribution < 1.29 is 4.79 Å². The molecule has 8 rings (SSSR count). The summed E-state index contributed by atoms with van der Waals surface area (Å²) in [5, 5.41) is 1.47. The van der Waals surface area contributed by atoms with Crippen molar-refractivity contribution in [1.82, 2.24) is 0 Å². The number of hydrogen-bond donors (Lipinski definition) is 0. The van der Waals surface area contributed by atoms with Crippen LogP contribution in [0.5, 0.6) is 0 Å². The molecule has 0 radical (unpaired) electrons. The summed E-state index contributed by atoms with van der Waals surface area (Å²) in [6.45, 7) is 23.4. The van der Waals surface area contributed by atoms with E-state index in [-0.39, 0.29) is 23.2 Å². The fourth-order valence-electron chi connectivity index (χ4n) is 11.2. The average molecular weight is 873 g/mol. The van der Waals surface area contributed by atoms with E-state index in [9.17, 15) is 4.79 Å². The van der Waals surface area contributed by atoms with Gasteiger partial charge in [-0.3, -0.25) is 4.79 Å². The maximum atomic E-state index is 14.6. The summed E-state index contributed by atoms with van der Waals surface area (Å²) in [7, 11) is -1.09. The van der Waals surface area contributed by atoms with Crippen LogP contribution >= 0.6 is 7.92 Å². The zero-order valence-electron chi connectivity index (χ0n) is 40.5. The van der Waals surface area contributed by atoms with E-state index in [0.717, 1.165) is 0 Å². The van der Waals surface area contributed by atoms with Gasteiger partial charge in [-0.1, -0.05) is 227 Å². The van der Waals surface area contributed by atoms with Crippen LogP contribution in [-0.2, 0) is 4.79 Å². The van der Waals surface area contributed by atoms with Gasteiger partial charge in [0, 0.05) is 36.0 Å². The molecule has 2 heteroatoms. The molecule has 0 bridgehead atoms. The minimum Gasteiger partial charge on any atom is -0.300 e. The van der Waals surface area contributed by atoms with Crippen molar-refractivity contribution in [3.63, 3.8) is 0 Å². The van der Waals surface area contributed by atoms with E-state index in [0.29, 0.717) is 42.3 Å². The zero-order valence-corrected chi connectivity index (χ0v) is 41.4. The summed E-state index contributed by atoms with van der Waals surface area (Å²) in [4.78, 5) is 14.6. The number of Topliss-reactive ketones (excluding diaryl/α,β-unsaturated/α-hetero) is 1. The SMILES string of the molecule is Cc1ccccc1C1CC(=O)CC(c2ccccc2C)P1c1c(C(c2ccccc2)c2c(C(C)C)cccc2C(C)C)cccc1C(c1ccccc1)c1c(C(C)C)cccc1C(C)C. The first-order chi connectivity index (χ1) is 31.4. The molecule has 1 fully saturated rings. The zero-order chi connectivity index (χ0) is 45.9. The average Bonchev–Trinajstić information content (AvgIpc) is 3.30. The van der Waals surface area contributed by atoms with E-state index in [4.69, 9.17) is 0 Å². The van der Waals surface area contributed by atoms with E-state index in [2.05, 4.69) is 233 Å². The molecule has 7 aromatic carbocycles. The van der Waals surface area contributed by atoms with Crippen LogP contribution < -0.4 is 5.30 Å². The number of hydrogen-bond acceptors (Lipinski definition) is 1. The maximum Gasteiger partial charge on any atom is 0.134 e. The molecule has 0 saturated carbocycles. The summed E-state index contributed by atoms with van der Waals surface area (Å²) in [6.07, 6.45) is 1.08. The van der Waals surface area contributed by atoms with E-state index < -0.39 is 7.92 Å². The van der Waals surface area contributed by atoms with Crippen LogP contribution in [0.1, 0.15) is 193 Å². The molecule has 0 aromatic heterocycles. The summed E-state index contributed by atoms with van der Waals surface area (Å²) >= 11 is 0. The Morgan fingerprint density at radius 1 is 0.385 bits per heavy atom. The van der Waals surface area contributed by atoms with Gasteiger partial charge in [-0.25, -0.2) is 0 Å². The van der Waals surface area contributed by atoms with Crippen LogP contribution in [0, 0.1) is 13.8 Å². The van der Waals surface area contributed by atoms with E-state index in [1.807, 2.05) is 0 Å². The third-order valence-corrected chi connectivity index (χ3v) is 17.6. The molecular weight excluding hydrogens is 804 g/mol. The second-order valence-electron chi connectivity index (χ2n) is 19.9. The summed E-state index contributed by atoms with van der Waals surface area (Å²) < 4.78 is 0. The Morgan fingerprint density at radius 3 is 1.02 bits per heavy atom. The number of aryl methyl sites for hydroxylation is 2. The number of rotatable bonds is 13. The first-order valence-electron chi connectivity index (χ1n) is 24.3. The van der Waals surface area contributed by atoms with Crippen LogP contribution in [0.15, 0.2) is 164 Å². The molecule has 4 atom stereocenters. The second-order valence-corrected chi connectivity index (χ2v) is 22.4. The molecule has 1 saturated heterocycles. The highest BCUT2D eigenvalue weighted by Gasteiger charge is 2.44. The minimum atomic E-state index is -1.09. The van der Waals surface area contributed by atoms with Crippen molar-refractivity contribution in [2.24, 2.45) is 0 Å². The quantitative estimate of drug-likeness (QED) is 0.0833. The van der Waals surface area contributed by atoms with Crippen molar-refractivity contribution in [2.45, 2.75) is 129 Å². The molecule has 1 heterocycles. The monoisotopic (exact) mass is 873 g/mol. The molecule has 7 aromatic rings. The van der Waals surface area contributed by atoms with Crippen molar-refractivity contribution in [3.8, 4) is 0 Å². The first-order valence-corrected chi connectivity index (χ1v) is 25.7. The van der Waals surface area contributed by atoms with Crippen LogP contribution in [0.3, 0.4) is 0 Å². The Kier molecular flexibility index (Phi) is 14.2. The lowest BCUT2D eigenvalue weighted by Gasteiger charge is -2.44. The largest absolute Gasteiger partial charge is 0.300 e. The summed E-state index contributed by atoms with van der Waals surface area (Å²) in [5.41, 5.74) is 19.1. The number of carbonyl (C=O) groups excluding carboxylic acids is 1. The molecule has 1 aliphatic heterocycles. The predicted octanol–water partition coefficient (Wildman–Crippen LogP) is 17.1. The molecule has 0 aliphatic carbocycles. The lowest BCUT2D eigenvalue weighted by atomic mass is 9.73. The van der Waals surface area contributed by atoms with Crippen LogP contribution in [0.2, 0.25) is 0 Å². The number of ketones is 1. The standard InChI is InChI=1S/C63H69OP/c1-40(2)49-32-21-33-50(41(3)4)61(49)59(46-26-13-11-14-27-46)55-36-23-37-56(60(47-28-15-12-16-29-47)62-51(42(5)6)34-22-35-52(62)43(7)8)63(55)65-57(53-30-19-17-24-44(53)9)38-48(64)39-58(65)54-31-20-18-25-45(54)10/h11-37,40-43,57-60H,38-39H2,1-10H3. The Bertz CT molecular complexity index is 2510. The van der Waals surface area contributed by atoms with Gasteiger partial charge in [0.25, 0.3) is 0 Å². The minimum absolute atomic E-state index is 0.0274. The molecule has 0 spiro atoms. The molecule has 0 amide bonds. The third-order valence-electron chi connectivity index (χ3n) is 14.3. The second kappa shape index (κ2) is 20.0. The molecule has 65 heavy (non-hydrogen) atoms. The summed E-state index contributed by atoms with van der Waals surface area (Å²) in [5.74, 6) is 1.57. The van der Waals surface area contributed by atoms with Crippen molar-refractivity contribution in [2.75, 3.05) is 0 Å². The van der Waals surface area contributed by atoms with Gasteiger partial charge >= 0.3 is 0 Å². The van der Waals surface area contributed by atoms with Crippen LogP contribution in [0.25, 0.3) is 0 Å². The Balaban J connectivity index is 1.61. The van der Waals surface area contributed by atoms with Gasteiger partial charge in [0.15, 0.2) is 0 Å². The first kappa shape index (κ1) is 46.2. The summed E-state index contributed by atoms with van der Waals surface area (Å²) in [6, 6.07) is 62.2. The fourth-order valence-corrected chi connectivity index (χ4v) is 15.2. The molecule has 1 nitrogen and oxygen atoms in total. The fraction of sp³-hybridized carbons (Fsp3) is 0.317. The van der Waals surface area contributed by atoms with E-state index in [1.165, 1.54) is 83.2 Å². The van der Waals surface area contributed by atoms with E-state index >= 15 is 0 Å². The van der Waals surface area contributed by atoms with Crippen molar-refractivity contribution in [3.05, 3.63) is 242 Å². The molecule has 1 aliphatic rings. The topological polar surface area (TPSA) is 17.1 Å². The van der Waals surface area contributed by atoms with Gasteiger partial charge in [0.05, 0.1) is 0 Å². The van der Waals surface area contributed by atoms with Gasteiger partial charge in [-0.2, -0.15) is 0 Å². The lowest BCUT2D eigenvalue weighted by molar-refractivity contribution is -0.119. The van der Waals surface area contributed by atoms with Gasteiger partial charge in [-0.05, 0) is 121 Å². The van der Waals surface area contributed by atoms with Crippen molar-refractivity contribution >= 4 is 19.0 Å². The molecule has 0 N–H and O–H groups in total. The Labute approximate surface area is 392 Å². The smallest absolute Gasteiger partial charge is 0.134 e. The van der Waals surface area contributed by atoms with Crippen molar-refractivity contribution in [1.29, 1.82) is 0 Å². The molecule has 332 valence electrons. The lowest BCUT2D eigenvalue weighted by Crippen LogP contribution is -2.31. The highest BCUT2D eigenvalue weighted by Crippen LogP contribution is 2.69. The number of benzene rings is 7. The van der Waals surface area contributed by atoms with Crippen LogP contribution in [0.4, 0.5) is 0 Å². The molecule has 4 unspecified atom stereocenters. The third kappa shape index (κ3) is 9.25.